The van der Waals surface area contributed by atoms with Crippen LogP contribution in [0.5, 0.6) is 5.75 Å². The molecule has 4 rings (SSSR count). The summed E-state index contributed by atoms with van der Waals surface area (Å²) >= 11 is 1.54. The van der Waals surface area contributed by atoms with Crippen molar-refractivity contribution in [2.24, 2.45) is 5.10 Å². The number of nitrogens with zero attached hydrogens (tertiary/aromatic N) is 2. The molecule has 0 bridgehead atoms. The molecule has 0 aliphatic rings. The number of hydrazone groups is 1. The van der Waals surface area contributed by atoms with E-state index in [1.807, 2.05) is 72.1 Å². The van der Waals surface area contributed by atoms with Gasteiger partial charge in [-0.1, -0.05) is 36.4 Å². The minimum absolute atomic E-state index is 0.340. The lowest BCUT2D eigenvalue weighted by Crippen LogP contribution is -2.17. The van der Waals surface area contributed by atoms with Gasteiger partial charge in [-0.25, -0.2) is 5.43 Å². The number of aromatic nitrogens is 2. The number of hydrogen-bond donors (Lipinski definition) is 2. The summed E-state index contributed by atoms with van der Waals surface area (Å²) in [4.78, 5) is 13.1. The molecule has 0 saturated carbocycles. The molecule has 2 aromatic heterocycles. The average molecular weight is 402 g/mol. The van der Waals surface area contributed by atoms with Crippen LogP contribution in [-0.2, 0) is 6.61 Å². The Balaban J connectivity index is 1.35. The van der Waals surface area contributed by atoms with Crippen molar-refractivity contribution in [1.82, 2.24) is 15.6 Å². The maximum Gasteiger partial charge on any atom is 0.289 e. The van der Waals surface area contributed by atoms with Crippen molar-refractivity contribution in [2.75, 3.05) is 0 Å². The Morgan fingerprint density at radius 1 is 1.10 bits per heavy atom. The molecule has 6 nitrogen and oxygen atoms in total. The first kappa shape index (κ1) is 18.6. The minimum Gasteiger partial charge on any atom is -0.489 e. The van der Waals surface area contributed by atoms with Gasteiger partial charge in [-0.15, -0.1) is 11.3 Å². The maximum atomic E-state index is 12.2. The van der Waals surface area contributed by atoms with Gasteiger partial charge in [0.05, 0.1) is 11.9 Å². The summed E-state index contributed by atoms with van der Waals surface area (Å²) in [5.41, 5.74) is 5.50. The number of hydrogen-bond acceptors (Lipinski definition) is 5. The van der Waals surface area contributed by atoms with Crippen LogP contribution >= 0.6 is 11.3 Å². The van der Waals surface area contributed by atoms with Crippen LogP contribution in [0.2, 0.25) is 0 Å². The van der Waals surface area contributed by atoms with Crippen LogP contribution in [0.15, 0.2) is 83.3 Å². The third-order valence-electron chi connectivity index (χ3n) is 4.12. The maximum absolute atomic E-state index is 12.2. The third kappa shape index (κ3) is 4.97. The molecule has 144 valence electrons. The van der Waals surface area contributed by atoms with E-state index in [0.717, 1.165) is 21.8 Å². The van der Waals surface area contributed by atoms with Crippen molar-refractivity contribution in [3.8, 4) is 17.0 Å². The summed E-state index contributed by atoms with van der Waals surface area (Å²) in [5, 5.41) is 12.9. The molecule has 0 aliphatic carbocycles. The summed E-state index contributed by atoms with van der Waals surface area (Å²) in [6.45, 7) is 0.513. The normalized spacial score (nSPS) is 10.9. The Hall–Kier alpha value is -3.71. The van der Waals surface area contributed by atoms with Gasteiger partial charge in [-0.05, 0) is 47.3 Å². The molecular weight excluding hydrogens is 384 g/mol. The zero-order valence-corrected chi connectivity index (χ0v) is 16.2. The molecule has 0 unspecified atom stereocenters. The van der Waals surface area contributed by atoms with Crippen LogP contribution in [0.3, 0.4) is 0 Å². The van der Waals surface area contributed by atoms with Crippen LogP contribution in [-0.4, -0.2) is 22.3 Å². The molecule has 29 heavy (non-hydrogen) atoms. The summed E-state index contributed by atoms with van der Waals surface area (Å²) in [6, 6.07) is 23.1. The van der Waals surface area contributed by atoms with Gasteiger partial charge in [-0.3, -0.25) is 9.89 Å². The fourth-order valence-corrected chi connectivity index (χ4v) is 3.21. The Morgan fingerprint density at radius 2 is 1.93 bits per heavy atom. The smallest absolute Gasteiger partial charge is 0.289 e. The molecule has 0 atom stereocenters. The van der Waals surface area contributed by atoms with E-state index in [-0.39, 0.29) is 5.91 Å². The highest BCUT2D eigenvalue weighted by molar-refractivity contribution is 7.11. The number of aromatic amines is 1. The first-order chi connectivity index (χ1) is 14.3. The molecule has 2 N–H and O–H groups in total. The van der Waals surface area contributed by atoms with E-state index in [0.29, 0.717) is 18.0 Å². The highest BCUT2D eigenvalue weighted by atomic mass is 32.1. The van der Waals surface area contributed by atoms with Crippen LogP contribution < -0.4 is 10.2 Å². The van der Waals surface area contributed by atoms with E-state index in [4.69, 9.17) is 4.74 Å². The molecule has 4 aromatic rings. The van der Waals surface area contributed by atoms with Crippen molar-refractivity contribution in [1.29, 1.82) is 0 Å². The van der Waals surface area contributed by atoms with Gasteiger partial charge in [-0.2, -0.15) is 10.2 Å². The molecular formula is C22H18N4O2S. The number of benzene rings is 2. The number of amides is 1. The molecule has 2 heterocycles. The van der Waals surface area contributed by atoms with E-state index in [2.05, 4.69) is 20.7 Å². The van der Waals surface area contributed by atoms with E-state index in [9.17, 15) is 4.79 Å². The molecule has 0 fully saturated rings. The Morgan fingerprint density at radius 3 is 2.69 bits per heavy atom. The van der Waals surface area contributed by atoms with Gasteiger partial charge in [0, 0.05) is 10.4 Å². The summed E-state index contributed by atoms with van der Waals surface area (Å²) < 4.78 is 5.79. The summed E-state index contributed by atoms with van der Waals surface area (Å²) in [7, 11) is 0. The van der Waals surface area contributed by atoms with Crippen LogP contribution in [0.1, 0.15) is 20.9 Å². The second kappa shape index (κ2) is 8.99. The highest BCUT2D eigenvalue weighted by Crippen LogP contribution is 2.22. The van der Waals surface area contributed by atoms with Gasteiger partial charge in [0.15, 0.2) is 0 Å². The number of rotatable bonds is 7. The van der Waals surface area contributed by atoms with E-state index in [1.54, 1.807) is 23.6 Å². The monoisotopic (exact) mass is 402 g/mol. The van der Waals surface area contributed by atoms with Gasteiger partial charge in [0.25, 0.3) is 5.91 Å². The van der Waals surface area contributed by atoms with E-state index in [1.165, 1.54) is 0 Å². The lowest BCUT2D eigenvalue weighted by molar-refractivity contribution is 0.0950. The second-order valence-electron chi connectivity index (χ2n) is 6.18. The quantitative estimate of drug-likeness (QED) is 0.353. The lowest BCUT2D eigenvalue weighted by Gasteiger charge is -2.06. The number of thiophene rings is 1. The molecule has 0 radical (unpaired) electrons. The number of ether oxygens (including phenoxy) is 1. The fraction of sp³-hybridized carbons (Fsp3) is 0.0455. The standard InChI is InChI=1S/C22H18N4O2S/c27-22(26-23-14-19-7-4-12-29-19)21-13-20(24-25-21)17-8-10-18(11-9-17)28-15-16-5-2-1-3-6-16/h1-14H,15H2,(H,24,25)(H,26,27)/b23-14+. The Bertz CT molecular complexity index is 1090. The van der Waals surface area contributed by atoms with Crippen molar-refractivity contribution in [2.45, 2.75) is 6.61 Å². The fourth-order valence-electron chi connectivity index (χ4n) is 2.63. The number of nitrogens with one attached hydrogen (secondary N) is 2. The van der Waals surface area contributed by atoms with Gasteiger partial charge in [0.2, 0.25) is 0 Å². The van der Waals surface area contributed by atoms with Gasteiger partial charge in [0.1, 0.15) is 18.1 Å². The number of H-pyrrole nitrogens is 1. The predicted octanol–water partition coefficient (Wildman–Crippen LogP) is 4.48. The van der Waals surface area contributed by atoms with Crippen LogP contribution in [0, 0.1) is 0 Å². The first-order valence-corrected chi connectivity index (χ1v) is 9.85. The predicted molar refractivity (Wildman–Crippen MR) is 114 cm³/mol. The zero-order chi connectivity index (χ0) is 19.9. The SMILES string of the molecule is O=C(N/N=C/c1cccs1)c1cc(-c2ccc(OCc3ccccc3)cc2)n[nH]1. The van der Waals surface area contributed by atoms with E-state index >= 15 is 0 Å². The third-order valence-corrected chi connectivity index (χ3v) is 4.93. The van der Waals surface area contributed by atoms with Crippen molar-refractivity contribution in [3.63, 3.8) is 0 Å². The molecule has 1 amide bonds. The van der Waals surface area contributed by atoms with Gasteiger partial charge >= 0.3 is 0 Å². The first-order valence-electron chi connectivity index (χ1n) is 8.97. The molecule has 0 spiro atoms. The van der Waals surface area contributed by atoms with E-state index < -0.39 is 0 Å². The van der Waals surface area contributed by atoms with Crippen molar-refractivity contribution < 1.29 is 9.53 Å². The molecule has 0 aliphatic heterocycles. The number of carbonyl (C=O) groups excluding carboxylic acids is 1. The minimum atomic E-state index is -0.348. The molecule has 7 heteroatoms. The van der Waals surface area contributed by atoms with Crippen LogP contribution in [0.25, 0.3) is 11.3 Å². The topological polar surface area (TPSA) is 79.4 Å². The number of carbonyl (C=O) groups is 1. The lowest BCUT2D eigenvalue weighted by atomic mass is 10.1. The summed E-state index contributed by atoms with van der Waals surface area (Å²) in [6.07, 6.45) is 1.61. The Kier molecular flexibility index (Phi) is 5.78. The van der Waals surface area contributed by atoms with Crippen molar-refractivity contribution in [3.05, 3.63) is 94.3 Å². The van der Waals surface area contributed by atoms with Crippen molar-refractivity contribution >= 4 is 23.5 Å². The zero-order valence-electron chi connectivity index (χ0n) is 15.4. The molecule has 0 saturated heterocycles. The second-order valence-corrected chi connectivity index (χ2v) is 7.16. The average Bonchev–Trinajstić information content (AvgIpc) is 3.46. The largest absolute Gasteiger partial charge is 0.489 e. The van der Waals surface area contributed by atoms with Gasteiger partial charge < -0.3 is 4.74 Å². The summed E-state index contributed by atoms with van der Waals surface area (Å²) in [5.74, 6) is 0.424. The molecule has 2 aromatic carbocycles. The van der Waals surface area contributed by atoms with Crippen LogP contribution in [0.4, 0.5) is 0 Å². The Labute approximate surface area is 171 Å². The highest BCUT2D eigenvalue weighted by Gasteiger charge is 2.10.